The van der Waals surface area contributed by atoms with E-state index >= 15 is 0 Å². The van der Waals surface area contributed by atoms with Crippen molar-refractivity contribution in [2.75, 3.05) is 11.9 Å². The Morgan fingerprint density at radius 1 is 1.28 bits per heavy atom. The van der Waals surface area contributed by atoms with E-state index in [2.05, 4.69) is 25.4 Å². The van der Waals surface area contributed by atoms with Gasteiger partial charge < -0.3 is 14.7 Å². The highest BCUT2D eigenvalue weighted by atomic mass is 16.5. The standard InChI is InChI=1S/C17H24N6O2/c1-10-19-13-9-23(11(2)24)7-6-12(13)15(20-10)18-8-14-21-16(22-25-14)17(3,4)5/h6-9H2,1-5H3,(H,18,19,20). The molecule has 0 saturated carbocycles. The van der Waals surface area contributed by atoms with Crippen LogP contribution in [0.4, 0.5) is 5.82 Å². The second-order valence-corrected chi connectivity index (χ2v) is 7.35. The van der Waals surface area contributed by atoms with Crippen LogP contribution in [0.3, 0.4) is 0 Å². The quantitative estimate of drug-likeness (QED) is 0.909. The SMILES string of the molecule is CC(=O)N1CCc2c(nc(C)nc2NCc2nc(C(C)(C)C)no2)C1. The van der Waals surface area contributed by atoms with Crippen LogP contribution in [-0.4, -0.2) is 37.5 Å². The first-order valence-electron chi connectivity index (χ1n) is 8.43. The summed E-state index contributed by atoms with van der Waals surface area (Å²) < 4.78 is 5.32. The van der Waals surface area contributed by atoms with E-state index in [1.54, 1.807) is 11.8 Å². The van der Waals surface area contributed by atoms with Crippen molar-refractivity contribution in [1.29, 1.82) is 0 Å². The van der Waals surface area contributed by atoms with Crippen molar-refractivity contribution in [1.82, 2.24) is 25.0 Å². The first-order valence-corrected chi connectivity index (χ1v) is 8.43. The van der Waals surface area contributed by atoms with E-state index in [1.165, 1.54) is 0 Å². The highest BCUT2D eigenvalue weighted by molar-refractivity contribution is 5.73. The molecule has 2 aromatic rings. The molecule has 0 spiro atoms. The zero-order valence-electron chi connectivity index (χ0n) is 15.4. The van der Waals surface area contributed by atoms with Crippen LogP contribution in [0.15, 0.2) is 4.52 Å². The van der Waals surface area contributed by atoms with Crippen molar-refractivity contribution >= 4 is 11.7 Å². The van der Waals surface area contributed by atoms with Crippen LogP contribution in [0.1, 0.15) is 56.5 Å². The van der Waals surface area contributed by atoms with Gasteiger partial charge in [0.15, 0.2) is 5.82 Å². The van der Waals surface area contributed by atoms with Gasteiger partial charge in [0, 0.05) is 24.4 Å². The molecule has 0 radical (unpaired) electrons. The van der Waals surface area contributed by atoms with Gasteiger partial charge in [-0.3, -0.25) is 4.79 Å². The number of nitrogens with one attached hydrogen (secondary N) is 1. The number of nitrogens with zero attached hydrogens (tertiary/aromatic N) is 5. The summed E-state index contributed by atoms with van der Waals surface area (Å²) in [6.07, 6.45) is 0.731. The summed E-state index contributed by atoms with van der Waals surface area (Å²) in [4.78, 5) is 26.9. The number of aromatic nitrogens is 4. The van der Waals surface area contributed by atoms with E-state index in [0.29, 0.717) is 37.2 Å². The summed E-state index contributed by atoms with van der Waals surface area (Å²) in [6, 6.07) is 0. The van der Waals surface area contributed by atoms with E-state index in [0.717, 1.165) is 23.5 Å². The molecule has 1 amide bonds. The van der Waals surface area contributed by atoms with Crippen LogP contribution >= 0.6 is 0 Å². The highest BCUT2D eigenvalue weighted by Gasteiger charge is 2.24. The van der Waals surface area contributed by atoms with E-state index < -0.39 is 0 Å². The molecule has 1 aliphatic heterocycles. The van der Waals surface area contributed by atoms with Crippen molar-refractivity contribution < 1.29 is 9.32 Å². The van der Waals surface area contributed by atoms with Gasteiger partial charge in [-0.1, -0.05) is 25.9 Å². The van der Waals surface area contributed by atoms with Gasteiger partial charge in [0.1, 0.15) is 11.6 Å². The van der Waals surface area contributed by atoms with Crippen LogP contribution < -0.4 is 5.32 Å². The number of aryl methyl sites for hydroxylation is 1. The molecule has 0 unspecified atom stereocenters. The number of hydrogen-bond donors (Lipinski definition) is 1. The fraction of sp³-hybridized carbons (Fsp3) is 0.588. The van der Waals surface area contributed by atoms with Crippen LogP contribution in [0.5, 0.6) is 0 Å². The molecule has 0 aromatic carbocycles. The van der Waals surface area contributed by atoms with Crippen LogP contribution in [0, 0.1) is 6.92 Å². The summed E-state index contributed by atoms with van der Waals surface area (Å²) in [7, 11) is 0. The number of amides is 1. The predicted molar refractivity (Wildman–Crippen MR) is 91.9 cm³/mol. The van der Waals surface area contributed by atoms with Gasteiger partial charge >= 0.3 is 0 Å². The molecule has 3 rings (SSSR count). The molecule has 8 nitrogen and oxygen atoms in total. The first-order chi connectivity index (χ1) is 11.7. The van der Waals surface area contributed by atoms with Crippen LogP contribution in [0.25, 0.3) is 0 Å². The Morgan fingerprint density at radius 3 is 2.68 bits per heavy atom. The van der Waals surface area contributed by atoms with E-state index in [1.807, 2.05) is 27.7 Å². The molecule has 8 heteroatoms. The molecule has 0 bridgehead atoms. The lowest BCUT2D eigenvalue weighted by atomic mass is 9.96. The van der Waals surface area contributed by atoms with Crippen molar-refractivity contribution in [3.63, 3.8) is 0 Å². The monoisotopic (exact) mass is 344 g/mol. The average Bonchev–Trinajstić information content (AvgIpc) is 3.01. The smallest absolute Gasteiger partial charge is 0.246 e. The number of carbonyl (C=O) groups is 1. The number of hydrogen-bond acceptors (Lipinski definition) is 7. The summed E-state index contributed by atoms with van der Waals surface area (Å²) >= 11 is 0. The molecule has 134 valence electrons. The Labute approximate surface area is 147 Å². The third kappa shape index (κ3) is 3.78. The normalized spacial score (nSPS) is 14.4. The number of rotatable bonds is 3. The lowest BCUT2D eigenvalue weighted by Gasteiger charge is -2.28. The topological polar surface area (TPSA) is 97.0 Å². The Kier molecular flexibility index (Phi) is 4.45. The molecule has 0 aliphatic carbocycles. The van der Waals surface area contributed by atoms with Gasteiger partial charge in [0.05, 0.1) is 18.8 Å². The number of fused-ring (bicyclic) bond motifs is 1. The van der Waals surface area contributed by atoms with Crippen LogP contribution in [-0.2, 0) is 29.7 Å². The maximum absolute atomic E-state index is 11.6. The maximum Gasteiger partial charge on any atom is 0.246 e. The van der Waals surface area contributed by atoms with Crippen molar-refractivity contribution in [3.8, 4) is 0 Å². The lowest BCUT2D eigenvalue weighted by molar-refractivity contribution is -0.129. The molecule has 25 heavy (non-hydrogen) atoms. The minimum Gasteiger partial charge on any atom is -0.361 e. The molecule has 3 heterocycles. The summed E-state index contributed by atoms with van der Waals surface area (Å²) in [6.45, 7) is 11.2. The molecule has 0 atom stereocenters. The van der Waals surface area contributed by atoms with Crippen molar-refractivity contribution in [3.05, 3.63) is 28.8 Å². The fourth-order valence-electron chi connectivity index (χ4n) is 2.76. The third-order valence-electron chi connectivity index (χ3n) is 4.17. The highest BCUT2D eigenvalue weighted by Crippen LogP contribution is 2.24. The van der Waals surface area contributed by atoms with E-state index in [-0.39, 0.29) is 11.3 Å². The minimum absolute atomic E-state index is 0.0667. The van der Waals surface area contributed by atoms with E-state index in [9.17, 15) is 4.79 Å². The summed E-state index contributed by atoms with van der Waals surface area (Å²) in [5.74, 6) is 2.73. The van der Waals surface area contributed by atoms with Gasteiger partial charge in [-0.05, 0) is 13.3 Å². The molecule has 0 saturated heterocycles. The summed E-state index contributed by atoms with van der Waals surface area (Å²) in [5, 5.41) is 7.32. The van der Waals surface area contributed by atoms with Gasteiger partial charge in [0.25, 0.3) is 0 Å². The zero-order chi connectivity index (χ0) is 18.2. The number of carbonyl (C=O) groups excluding carboxylic acids is 1. The van der Waals surface area contributed by atoms with Crippen molar-refractivity contribution in [2.24, 2.45) is 0 Å². The Bertz CT molecular complexity index is 793. The van der Waals surface area contributed by atoms with Gasteiger partial charge in [-0.15, -0.1) is 0 Å². The molecule has 0 fully saturated rings. The van der Waals surface area contributed by atoms with E-state index in [4.69, 9.17) is 4.52 Å². The van der Waals surface area contributed by atoms with Gasteiger partial charge in [-0.2, -0.15) is 4.98 Å². The maximum atomic E-state index is 11.6. The number of anilines is 1. The minimum atomic E-state index is -0.150. The third-order valence-corrected chi connectivity index (χ3v) is 4.17. The molecule has 1 aliphatic rings. The zero-order valence-corrected chi connectivity index (χ0v) is 15.4. The predicted octanol–water partition coefficient (Wildman–Crippen LogP) is 1.98. The Hall–Kier alpha value is -2.51. The second kappa shape index (κ2) is 6.42. The molecular weight excluding hydrogens is 320 g/mol. The summed E-state index contributed by atoms with van der Waals surface area (Å²) in [5.41, 5.74) is 1.80. The largest absolute Gasteiger partial charge is 0.361 e. The fourth-order valence-corrected chi connectivity index (χ4v) is 2.76. The average molecular weight is 344 g/mol. The lowest BCUT2D eigenvalue weighted by Crippen LogP contribution is -2.35. The molecule has 1 N–H and O–H groups in total. The van der Waals surface area contributed by atoms with Crippen molar-refractivity contribution in [2.45, 2.75) is 59.5 Å². The molecular formula is C17H24N6O2. The Morgan fingerprint density at radius 2 is 2.04 bits per heavy atom. The van der Waals surface area contributed by atoms with Gasteiger partial charge in [0.2, 0.25) is 11.8 Å². The Balaban J connectivity index is 1.77. The first kappa shape index (κ1) is 17.3. The molecule has 2 aromatic heterocycles. The second-order valence-electron chi connectivity index (χ2n) is 7.35. The van der Waals surface area contributed by atoms with Crippen LogP contribution in [0.2, 0.25) is 0 Å². The van der Waals surface area contributed by atoms with Gasteiger partial charge in [-0.25, -0.2) is 9.97 Å².